The summed E-state index contributed by atoms with van der Waals surface area (Å²) in [7, 11) is 3.34. The molecule has 0 radical (unpaired) electrons. The molecule has 3 nitrogen and oxygen atoms in total. The maximum atomic E-state index is 6.03. The number of ether oxygens (including phenoxy) is 2. The number of benzene rings is 2. The van der Waals surface area contributed by atoms with Gasteiger partial charge in [0.05, 0.1) is 26.3 Å². The van der Waals surface area contributed by atoms with Gasteiger partial charge in [-0.3, -0.25) is 0 Å². The fourth-order valence-corrected chi connectivity index (χ4v) is 2.74. The number of aromatic nitrogens is 1. The summed E-state index contributed by atoms with van der Waals surface area (Å²) in [5.41, 5.74) is 2.15. The van der Waals surface area contributed by atoms with E-state index in [1.807, 2.05) is 42.6 Å². The molecule has 108 valence electrons. The molecule has 0 amide bonds. The van der Waals surface area contributed by atoms with Crippen molar-refractivity contribution in [1.82, 2.24) is 4.57 Å². The summed E-state index contributed by atoms with van der Waals surface area (Å²) in [6.45, 7) is 0.679. The number of halogens is 1. The highest BCUT2D eigenvalue weighted by molar-refractivity contribution is 6.31. The van der Waals surface area contributed by atoms with Crippen LogP contribution >= 0.6 is 11.6 Å². The molecule has 0 saturated carbocycles. The van der Waals surface area contributed by atoms with Gasteiger partial charge in [-0.05, 0) is 36.4 Å². The lowest BCUT2D eigenvalue weighted by Gasteiger charge is -2.14. The number of fused-ring (bicyclic) bond motifs is 1. The average Bonchev–Trinajstić information content (AvgIpc) is 2.89. The van der Waals surface area contributed by atoms with E-state index < -0.39 is 0 Å². The highest BCUT2D eigenvalue weighted by atomic mass is 35.5. The molecular weight excluding hydrogens is 286 g/mol. The van der Waals surface area contributed by atoms with E-state index in [-0.39, 0.29) is 0 Å². The lowest BCUT2D eigenvalue weighted by molar-refractivity contribution is 0.383. The lowest BCUT2D eigenvalue weighted by Crippen LogP contribution is -2.03. The number of methoxy groups -OCH3 is 2. The van der Waals surface area contributed by atoms with Gasteiger partial charge in [0.25, 0.3) is 0 Å². The van der Waals surface area contributed by atoms with Crippen LogP contribution in [0.15, 0.2) is 48.7 Å². The molecule has 21 heavy (non-hydrogen) atoms. The second kappa shape index (κ2) is 5.70. The van der Waals surface area contributed by atoms with Crippen molar-refractivity contribution < 1.29 is 9.47 Å². The van der Waals surface area contributed by atoms with E-state index in [0.29, 0.717) is 6.54 Å². The number of hydrogen-bond donors (Lipinski definition) is 0. The summed E-state index contributed by atoms with van der Waals surface area (Å²) < 4.78 is 13.1. The molecule has 0 saturated heterocycles. The van der Waals surface area contributed by atoms with E-state index in [9.17, 15) is 0 Å². The van der Waals surface area contributed by atoms with Crippen LogP contribution in [-0.2, 0) is 6.54 Å². The molecule has 3 aromatic rings. The first-order chi connectivity index (χ1) is 10.2. The van der Waals surface area contributed by atoms with Crippen LogP contribution in [0, 0.1) is 0 Å². The number of nitrogens with zero attached hydrogens (tertiary/aromatic N) is 1. The highest BCUT2D eigenvalue weighted by Gasteiger charge is 2.11. The van der Waals surface area contributed by atoms with Crippen molar-refractivity contribution in [2.75, 3.05) is 14.2 Å². The Kier molecular flexibility index (Phi) is 3.76. The monoisotopic (exact) mass is 301 g/mol. The normalized spacial score (nSPS) is 10.8. The molecule has 3 rings (SSSR count). The summed E-state index contributed by atoms with van der Waals surface area (Å²) >= 11 is 6.03. The van der Waals surface area contributed by atoms with Gasteiger partial charge in [0.15, 0.2) is 0 Å². The highest BCUT2D eigenvalue weighted by Crippen LogP contribution is 2.30. The molecule has 0 aliphatic heterocycles. The van der Waals surface area contributed by atoms with E-state index in [1.165, 1.54) is 0 Å². The smallest absolute Gasteiger partial charge is 0.127 e. The minimum absolute atomic E-state index is 0.679. The van der Waals surface area contributed by atoms with E-state index in [1.54, 1.807) is 14.2 Å². The van der Waals surface area contributed by atoms with Crippen molar-refractivity contribution in [1.29, 1.82) is 0 Å². The first-order valence-corrected chi connectivity index (χ1v) is 7.05. The number of hydrogen-bond acceptors (Lipinski definition) is 2. The zero-order valence-electron chi connectivity index (χ0n) is 12.0. The third kappa shape index (κ3) is 2.57. The van der Waals surface area contributed by atoms with Crippen LogP contribution in [0.4, 0.5) is 0 Å². The van der Waals surface area contributed by atoms with Crippen molar-refractivity contribution in [3.8, 4) is 11.5 Å². The fraction of sp³-hybridized carbons (Fsp3) is 0.176. The quantitative estimate of drug-likeness (QED) is 0.715. The predicted molar refractivity (Wildman–Crippen MR) is 85.6 cm³/mol. The minimum Gasteiger partial charge on any atom is -0.496 e. The van der Waals surface area contributed by atoms with Gasteiger partial charge in [-0.25, -0.2) is 0 Å². The zero-order valence-corrected chi connectivity index (χ0v) is 12.7. The van der Waals surface area contributed by atoms with Crippen molar-refractivity contribution >= 4 is 22.5 Å². The average molecular weight is 302 g/mol. The van der Waals surface area contributed by atoms with Gasteiger partial charge in [0.2, 0.25) is 0 Å². The molecule has 4 heteroatoms. The van der Waals surface area contributed by atoms with E-state index in [0.717, 1.165) is 33.0 Å². The third-order valence-corrected chi connectivity index (χ3v) is 3.83. The maximum Gasteiger partial charge on any atom is 0.127 e. The van der Waals surface area contributed by atoms with Crippen LogP contribution in [0.5, 0.6) is 11.5 Å². The zero-order chi connectivity index (χ0) is 14.8. The molecule has 0 atom stereocenters. The first kappa shape index (κ1) is 13.8. The van der Waals surface area contributed by atoms with Gasteiger partial charge in [0, 0.05) is 22.1 Å². The van der Waals surface area contributed by atoms with Crippen molar-refractivity contribution in [3.05, 3.63) is 59.2 Å². The Bertz CT molecular complexity index is 757. The molecule has 0 fully saturated rings. The molecule has 0 unspecified atom stereocenters. The first-order valence-electron chi connectivity index (χ1n) is 6.67. The third-order valence-electron chi connectivity index (χ3n) is 3.59. The molecule has 0 bridgehead atoms. The summed E-state index contributed by atoms with van der Waals surface area (Å²) in [6, 6.07) is 13.8. The van der Waals surface area contributed by atoms with E-state index in [4.69, 9.17) is 21.1 Å². The largest absolute Gasteiger partial charge is 0.496 e. The standard InChI is InChI=1S/C17H16ClNO2/c1-20-16-4-3-5-17(21-2)14(16)11-19-9-8-12-10-13(18)6-7-15(12)19/h3-10H,11H2,1-2H3. The fourth-order valence-electron chi connectivity index (χ4n) is 2.56. The predicted octanol–water partition coefficient (Wildman–Crippen LogP) is 4.36. The Morgan fingerprint density at radius 3 is 2.38 bits per heavy atom. The van der Waals surface area contributed by atoms with Crippen LogP contribution in [0.1, 0.15) is 5.56 Å². The molecule has 0 aliphatic rings. The second-order valence-corrected chi connectivity index (χ2v) is 5.22. The van der Waals surface area contributed by atoms with Crippen LogP contribution in [0.25, 0.3) is 10.9 Å². The van der Waals surface area contributed by atoms with Crippen molar-refractivity contribution in [2.24, 2.45) is 0 Å². The van der Waals surface area contributed by atoms with E-state index in [2.05, 4.69) is 10.6 Å². The van der Waals surface area contributed by atoms with Gasteiger partial charge >= 0.3 is 0 Å². The van der Waals surface area contributed by atoms with Gasteiger partial charge < -0.3 is 14.0 Å². The van der Waals surface area contributed by atoms with Gasteiger partial charge in [-0.2, -0.15) is 0 Å². The Hall–Kier alpha value is -2.13. The second-order valence-electron chi connectivity index (χ2n) is 4.79. The molecule has 0 spiro atoms. The summed E-state index contributed by atoms with van der Waals surface area (Å²) in [5.74, 6) is 1.65. The SMILES string of the molecule is COc1cccc(OC)c1Cn1ccc2cc(Cl)ccc21. The van der Waals surface area contributed by atoms with Crippen LogP contribution < -0.4 is 9.47 Å². The Balaban J connectivity index is 2.06. The molecule has 1 aromatic heterocycles. The van der Waals surface area contributed by atoms with Gasteiger partial charge in [0.1, 0.15) is 11.5 Å². The Morgan fingerprint density at radius 1 is 1.00 bits per heavy atom. The van der Waals surface area contributed by atoms with Gasteiger partial charge in [-0.15, -0.1) is 0 Å². The molecular formula is C17H16ClNO2. The minimum atomic E-state index is 0.679. The molecule has 1 heterocycles. The van der Waals surface area contributed by atoms with Crippen LogP contribution in [0.2, 0.25) is 5.02 Å². The number of rotatable bonds is 4. The van der Waals surface area contributed by atoms with Gasteiger partial charge in [-0.1, -0.05) is 17.7 Å². The van der Waals surface area contributed by atoms with E-state index >= 15 is 0 Å². The summed E-state index contributed by atoms with van der Waals surface area (Å²) in [6.07, 6.45) is 2.05. The topological polar surface area (TPSA) is 23.4 Å². The lowest BCUT2D eigenvalue weighted by atomic mass is 10.1. The Labute approximate surface area is 128 Å². The molecule has 0 aliphatic carbocycles. The maximum absolute atomic E-state index is 6.03. The van der Waals surface area contributed by atoms with Crippen LogP contribution in [0.3, 0.4) is 0 Å². The van der Waals surface area contributed by atoms with Crippen molar-refractivity contribution in [2.45, 2.75) is 6.54 Å². The van der Waals surface area contributed by atoms with Crippen LogP contribution in [-0.4, -0.2) is 18.8 Å². The summed E-state index contributed by atoms with van der Waals surface area (Å²) in [5, 5.41) is 1.87. The summed E-state index contributed by atoms with van der Waals surface area (Å²) in [4.78, 5) is 0. The molecule has 0 N–H and O–H groups in total. The Morgan fingerprint density at radius 2 is 1.71 bits per heavy atom. The molecule has 2 aromatic carbocycles. The van der Waals surface area contributed by atoms with Crippen molar-refractivity contribution in [3.63, 3.8) is 0 Å².